The molecule has 1 aliphatic heterocycles. The lowest BCUT2D eigenvalue weighted by atomic mass is 10.1. The predicted octanol–water partition coefficient (Wildman–Crippen LogP) is 3.55. The maximum atomic E-state index is 12.6. The number of nitrogens with zero attached hydrogens (tertiary/aromatic N) is 4. The SMILES string of the molecule is Cc1ccc(-c2n[nH]c(=S)n2CCC(=O)NCCN2C(=O)S/C(=C/c3cccnc3)C2=O)cc1. The second-order valence-electron chi connectivity index (χ2n) is 7.59. The summed E-state index contributed by atoms with van der Waals surface area (Å²) in [6.45, 7) is 2.62. The molecule has 174 valence electrons. The average molecular weight is 495 g/mol. The fourth-order valence-corrected chi connectivity index (χ4v) is 4.45. The molecule has 3 heterocycles. The zero-order chi connectivity index (χ0) is 24.1. The minimum Gasteiger partial charge on any atom is -0.354 e. The van der Waals surface area contributed by atoms with Crippen molar-refractivity contribution in [3.8, 4) is 11.4 Å². The molecule has 1 aromatic carbocycles. The van der Waals surface area contributed by atoms with Gasteiger partial charge in [0.2, 0.25) is 5.91 Å². The van der Waals surface area contributed by atoms with Gasteiger partial charge in [-0.15, -0.1) is 0 Å². The van der Waals surface area contributed by atoms with Crippen molar-refractivity contribution in [3.05, 3.63) is 69.6 Å². The fraction of sp³-hybridized carbons (Fsp3) is 0.217. The van der Waals surface area contributed by atoms with E-state index in [4.69, 9.17) is 12.2 Å². The summed E-state index contributed by atoms with van der Waals surface area (Å²) in [5.41, 5.74) is 2.78. The molecule has 34 heavy (non-hydrogen) atoms. The van der Waals surface area contributed by atoms with Crippen molar-refractivity contribution in [3.63, 3.8) is 0 Å². The van der Waals surface area contributed by atoms with Crippen LogP contribution in [0.25, 0.3) is 17.5 Å². The third-order valence-corrected chi connectivity index (χ3v) is 6.36. The van der Waals surface area contributed by atoms with Crippen LogP contribution in [0.3, 0.4) is 0 Å². The number of H-pyrrole nitrogens is 1. The molecule has 1 fully saturated rings. The van der Waals surface area contributed by atoms with E-state index in [0.29, 0.717) is 22.0 Å². The number of rotatable bonds is 8. The third-order valence-electron chi connectivity index (χ3n) is 5.14. The van der Waals surface area contributed by atoms with E-state index in [1.54, 1.807) is 35.2 Å². The van der Waals surface area contributed by atoms with Crippen LogP contribution in [0.15, 0.2) is 53.7 Å². The van der Waals surface area contributed by atoms with E-state index in [0.717, 1.165) is 33.4 Å². The number of hydrogen-bond acceptors (Lipinski definition) is 7. The number of aromatic amines is 1. The first kappa shape index (κ1) is 23.6. The van der Waals surface area contributed by atoms with Crippen LogP contribution < -0.4 is 5.32 Å². The number of thioether (sulfide) groups is 1. The highest BCUT2D eigenvalue weighted by atomic mass is 32.2. The number of pyridine rings is 1. The normalized spacial score (nSPS) is 14.7. The van der Waals surface area contributed by atoms with Gasteiger partial charge in [-0.1, -0.05) is 35.9 Å². The first-order chi connectivity index (χ1) is 16.4. The maximum absolute atomic E-state index is 12.6. The van der Waals surface area contributed by atoms with E-state index in [1.807, 2.05) is 31.2 Å². The van der Waals surface area contributed by atoms with E-state index in [2.05, 4.69) is 20.5 Å². The zero-order valence-electron chi connectivity index (χ0n) is 18.4. The molecule has 0 atom stereocenters. The maximum Gasteiger partial charge on any atom is 0.293 e. The number of amides is 3. The molecule has 0 bridgehead atoms. The molecule has 1 aliphatic rings. The highest BCUT2D eigenvalue weighted by Crippen LogP contribution is 2.31. The minimum atomic E-state index is -0.374. The van der Waals surface area contributed by atoms with E-state index in [9.17, 15) is 14.4 Å². The van der Waals surface area contributed by atoms with Crippen molar-refractivity contribution in [2.45, 2.75) is 19.9 Å². The van der Waals surface area contributed by atoms with Crippen LogP contribution in [0.2, 0.25) is 0 Å². The number of aryl methyl sites for hydroxylation is 1. The largest absolute Gasteiger partial charge is 0.354 e. The molecule has 0 unspecified atom stereocenters. The van der Waals surface area contributed by atoms with Crippen LogP contribution in [0.1, 0.15) is 17.5 Å². The number of benzene rings is 1. The topological polar surface area (TPSA) is 113 Å². The van der Waals surface area contributed by atoms with E-state index in [-0.39, 0.29) is 36.6 Å². The van der Waals surface area contributed by atoms with Gasteiger partial charge in [0, 0.05) is 44.0 Å². The van der Waals surface area contributed by atoms with Gasteiger partial charge in [0.25, 0.3) is 11.1 Å². The summed E-state index contributed by atoms with van der Waals surface area (Å²) in [7, 11) is 0. The Labute approximate surface area is 205 Å². The quantitative estimate of drug-likeness (QED) is 0.364. The van der Waals surface area contributed by atoms with Crippen molar-refractivity contribution in [2.24, 2.45) is 0 Å². The Morgan fingerprint density at radius 2 is 2.00 bits per heavy atom. The Morgan fingerprint density at radius 3 is 2.74 bits per heavy atom. The first-order valence-corrected chi connectivity index (χ1v) is 11.8. The summed E-state index contributed by atoms with van der Waals surface area (Å²) >= 11 is 6.19. The lowest BCUT2D eigenvalue weighted by molar-refractivity contribution is -0.124. The summed E-state index contributed by atoms with van der Waals surface area (Å²) in [6, 6.07) is 11.4. The molecule has 2 N–H and O–H groups in total. The molecular formula is C23H22N6O3S2. The summed E-state index contributed by atoms with van der Waals surface area (Å²) in [5.74, 6) is 0.0763. The van der Waals surface area contributed by atoms with Crippen LogP contribution in [-0.2, 0) is 16.1 Å². The zero-order valence-corrected chi connectivity index (χ0v) is 20.0. The van der Waals surface area contributed by atoms with Crippen LogP contribution in [-0.4, -0.2) is 54.8 Å². The number of carbonyl (C=O) groups excluding carboxylic acids is 3. The van der Waals surface area contributed by atoms with Crippen molar-refractivity contribution in [1.29, 1.82) is 0 Å². The highest BCUT2D eigenvalue weighted by molar-refractivity contribution is 8.18. The predicted molar refractivity (Wildman–Crippen MR) is 132 cm³/mol. The van der Waals surface area contributed by atoms with Gasteiger partial charge in [-0.05, 0) is 48.6 Å². The fourth-order valence-electron chi connectivity index (χ4n) is 3.36. The Balaban J connectivity index is 1.29. The van der Waals surface area contributed by atoms with Gasteiger partial charge in [0.1, 0.15) is 0 Å². The van der Waals surface area contributed by atoms with Gasteiger partial charge in [-0.25, -0.2) is 0 Å². The molecule has 3 aromatic rings. The lowest BCUT2D eigenvalue weighted by Gasteiger charge is -2.13. The number of aromatic nitrogens is 4. The number of hydrogen-bond donors (Lipinski definition) is 2. The minimum absolute atomic E-state index is 0.0978. The second kappa shape index (κ2) is 10.6. The Morgan fingerprint density at radius 1 is 1.21 bits per heavy atom. The summed E-state index contributed by atoms with van der Waals surface area (Å²) in [6.07, 6.45) is 5.06. The van der Waals surface area contributed by atoms with Crippen LogP contribution in [0.5, 0.6) is 0 Å². The van der Waals surface area contributed by atoms with Gasteiger partial charge in [0.05, 0.1) is 4.91 Å². The summed E-state index contributed by atoms with van der Waals surface area (Å²) in [4.78, 5) is 42.7. The smallest absolute Gasteiger partial charge is 0.293 e. The number of carbonyl (C=O) groups is 3. The van der Waals surface area contributed by atoms with Crippen LogP contribution >= 0.6 is 24.0 Å². The standard InChI is InChI=1S/C23H22N6O3S2/c1-15-4-6-17(7-5-15)20-26-27-22(33)28(20)11-8-19(30)25-10-12-29-21(31)18(34-23(29)32)13-16-3-2-9-24-14-16/h2-7,9,13-14H,8,10-12H2,1H3,(H,25,30)(H,27,33)/b18-13+. The number of nitrogens with one attached hydrogen (secondary N) is 2. The average Bonchev–Trinajstić information content (AvgIpc) is 3.32. The van der Waals surface area contributed by atoms with E-state index in [1.165, 1.54) is 0 Å². The molecule has 0 saturated carbocycles. The highest BCUT2D eigenvalue weighted by Gasteiger charge is 2.34. The van der Waals surface area contributed by atoms with Crippen molar-refractivity contribution in [2.75, 3.05) is 13.1 Å². The molecule has 11 heteroatoms. The molecule has 9 nitrogen and oxygen atoms in total. The molecule has 0 spiro atoms. The second-order valence-corrected chi connectivity index (χ2v) is 8.97. The van der Waals surface area contributed by atoms with Gasteiger partial charge in [0.15, 0.2) is 10.6 Å². The van der Waals surface area contributed by atoms with Crippen LogP contribution in [0, 0.1) is 11.7 Å². The molecule has 4 rings (SSSR count). The van der Waals surface area contributed by atoms with Gasteiger partial charge >= 0.3 is 0 Å². The van der Waals surface area contributed by atoms with E-state index >= 15 is 0 Å². The molecular weight excluding hydrogens is 472 g/mol. The van der Waals surface area contributed by atoms with Gasteiger partial charge in [-0.3, -0.25) is 33.9 Å². The molecule has 1 saturated heterocycles. The molecule has 3 amide bonds. The van der Waals surface area contributed by atoms with Gasteiger partial charge in [-0.2, -0.15) is 5.10 Å². The first-order valence-electron chi connectivity index (χ1n) is 10.6. The molecule has 0 radical (unpaired) electrons. The molecule has 2 aromatic heterocycles. The van der Waals surface area contributed by atoms with Crippen molar-refractivity contribution >= 4 is 47.1 Å². The Bertz CT molecular complexity index is 1300. The van der Waals surface area contributed by atoms with Crippen molar-refractivity contribution < 1.29 is 14.4 Å². The summed E-state index contributed by atoms with van der Waals surface area (Å²) in [5, 5.41) is 9.46. The Hall–Kier alpha value is -3.57. The lowest BCUT2D eigenvalue weighted by Crippen LogP contribution is -2.37. The van der Waals surface area contributed by atoms with Crippen molar-refractivity contribution in [1.82, 2.24) is 30.0 Å². The van der Waals surface area contributed by atoms with Gasteiger partial charge < -0.3 is 5.32 Å². The Kier molecular flexibility index (Phi) is 7.33. The summed E-state index contributed by atoms with van der Waals surface area (Å²) < 4.78 is 2.21. The van der Waals surface area contributed by atoms with E-state index < -0.39 is 0 Å². The van der Waals surface area contributed by atoms with Crippen LogP contribution in [0.4, 0.5) is 4.79 Å². The molecule has 0 aliphatic carbocycles. The third kappa shape index (κ3) is 5.49. The monoisotopic (exact) mass is 494 g/mol. The number of imide groups is 1.